The zero-order valence-corrected chi connectivity index (χ0v) is 12.8. The standard InChI is InChI=1S/C14H20FNO4S/c1-20-10-11-4-6-16(7-5-11)21(18,19)14-3-2-12(9-17)8-13(14)15/h2-3,8,11,17H,4-7,9-10H2,1H3. The minimum Gasteiger partial charge on any atom is -0.392 e. The summed E-state index contributed by atoms with van der Waals surface area (Å²) >= 11 is 0. The maximum absolute atomic E-state index is 13.9. The van der Waals surface area contributed by atoms with Crippen LogP contribution in [0, 0.1) is 11.7 Å². The van der Waals surface area contributed by atoms with E-state index in [1.54, 1.807) is 7.11 Å². The van der Waals surface area contributed by atoms with Crippen LogP contribution in [0.4, 0.5) is 4.39 Å². The summed E-state index contributed by atoms with van der Waals surface area (Å²) in [4.78, 5) is -0.329. The fourth-order valence-corrected chi connectivity index (χ4v) is 4.06. The number of ether oxygens (including phenoxy) is 1. The van der Waals surface area contributed by atoms with Crippen LogP contribution in [0.2, 0.25) is 0 Å². The Morgan fingerprint density at radius 2 is 2.05 bits per heavy atom. The highest BCUT2D eigenvalue weighted by molar-refractivity contribution is 7.89. The van der Waals surface area contributed by atoms with Crippen molar-refractivity contribution < 1.29 is 22.7 Å². The van der Waals surface area contributed by atoms with E-state index in [1.807, 2.05) is 0 Å². The molecule has 0 amide bonds. The molecule has 7 heteroatoms. The SMILES string of the molecule is COCC1CCN(S(=O)(=O)c2ccc(CO)cc2F)CC1. The van der Waals surface area contributed by atoms with Gasteiger partial charge in [-0.1, -0.05) is 6.07 Å². The van der Waals surface area contributed by atoms with E-state index in [9.17, 15) is 12.8 Å². The quantitative estimate of drug-likeness (QED) is 0.890. The number of halogens is 1. The van der Waals surface area contributed by atoms with Crippen molar-refractivity contribution in [2.24, 2.45) is 5.92 Å². The molecular weight excluding hydrogens is 297 g/mol. The average Bonchev–Trinajstić information content (AvgIpc) is 2.47. The maximum atomic E-state index is 13.9. The van der Waals surface area contributed by atoms with Gasteiger partial charge in [0.05, 0.1) is 6.61 Å². The molecule has 21 heavy (non-hydrogen) atoms. The Balaban J connectivity index is 2.16. The second kappa shape index (κ2) is 6.83. The minimum atomic E-state index is -3.82. The summed E-state index contributed by atoms with van der Waals surface area (Å²) in [5.41, 5.74) is 0.352. The third-order valence-corrected chi connectivity index (χ3v) is 5.70. The molecule has 0 atom stereocenters. The zero-order chi connectivity index (χ0) is 15.5. The van der Waals surface area contributed by atoms with E-state index >= 15 is 0 Å². The van der Waals surface area contributed by atoms with Gasteiger partial charge in [0.15, 0.2) is 0 Å². The number of nitrogens with zero attached hydrogens (tertiary/aromatic N) is 1. The Kier molecular flexibility index (Phi) is 5.32. The predicted octanol–water partition coefficient (Wildman–Crippen LogP) is 1.37. The number of aliphatic hydroxyl groups is 1. The second-order valence-corrected chi connectivity index (χ2v) is 7.13. The van der Waals surface area contributed by atoms with E-state index < -0.39 is 15.8 Å². The van der Waals surface area contributed by atoms with E-state index in [0.717, 1.165) is 6.07 Å². The van der Waals surface area contributed by atoms with Gasteiger partial charge in [0.1, 0.15) is 10.7 Å². The van der Waals surface area contributed by atoms with Crippen LogP contribution in [0.5, 0.6) is 0 Å². The van der Waals surface area contributed by atoms with Crippen molar-refractivity contribution in [1.82, 2.24) is 4.31 Å². The third-order valence-electron chi connectivity index (χ3n) is 3.77. The molecule has 1 saturated heterocycles. The maximum Gasteiger partial charge on any atom is 0.245 e. The van der Waals surface area contributed by atoms with Gasteiger partial charge in [-0.15, -0.1) is 0 Å². The fraction of sp³-hybridized carbons (Fsp3) is 0.571. The van der Waals surface area contributed by atoms with Crippen LogP contribution >= 0.6 is 0 Å². The zero-order valence-electron chi connectivity index (χ0n) is 12.0. The van der Waals surface area contributed by atoms with Crippen molar-refractivity contribution in [3.8, 4) is 0 Å². The van der Waals surface area contributed by atoms with Gasteiger partial charge in [0.2, 0.25) is 10.0 Å². The molecular formula is C14H20FNO4S. The van der Waals surface area contributed by atoms with E-state index in [0.29, 0.717) is 44.0 Å². The van der Waals surface area contributed by atoms with Crippen molar-refractivity contribution in [2.45, 2.75) is 24.3 Å². The van der Waals surface area contributed by atoms with Crippen molar-refractivity contribution in [1.29, 1.82) is 0 Å². The van der Waals surface area contributed by atoms with Crippen molar-refractivity contribution >= 4 is 10.0 Å². The molecule has 1 fully saturated rings. The van der Waals surface area contributed by atoms with Gasteiger partial charge < -0.3 is 9.84 Å². The molecule has 118 valence electrons. The highest BCUT2D eigenvalue weighted by Crippen LogP contribution is 2.26. The van der Waals surface area contributed by atoms with Gasteiger partial charge in [-0.3, -0.25) is 0 Å². The van der Waals surface area contributed by atoms with Crippen LogP contribution in [0.3, 0.4) is 0 Å². The van der Waals surface area contributed by atoms with Crippen molar-refractivity contribution in [3.63, 3.8) is 0 Å². The summed E-state index contributed by atoms with van der Waals surface area (Å²) in [7, 11) is -2.19. The molecule has 1 aromatic rings. The highest BCUT2D eigenvalue weighted by Gasteiger charge is 2.31. The van der Waals surface area contributed by atoms with Gasteiger partial charge in [0, 0.05) is 26.8 Å². The molecule has 0 radical (unpaired) electrons. The number of benzene rings is 1. The van der Waals surface area contributed by atoms with Crippen molar-refractivity contribution in [3.05, 3.63) is 29.6 Å². The number of hydrogen-bond donors (Lipinski definition) is 1. The highest BCUT2D eigenvalue weighted by atomic mass is 32.2. The monoisotopic (exact) mass is 317 g/mol. The summed E-state index contributed by atoms with van der Waals surface area (Å²) in [6.45, 7) is 1.04. The predicted molar refractivity (Wildman–Crippen MR) is 75.7 cm³/mol. The van der Waals surface area contributed by atoms with Crippen LogP contribution in [0.15, 0.2) is 23.1 Å². The summed E-state index contributed by atoms with van der Waals surface area (Å²) in [5.74, 6) is -0.469. The largest absolute Gasteiger partial charge is 0.392 e. The summed E-state index contributed by atoms with van der Waals surface area (Å²) in [6.07, 6.45) is 1.42. The number of aliphatic hydroxyl groups excluding tert-OH is 1. The Morgan fingerprint density at radius 3 is 2.57 bits per heavy atom. The summed E-state index contributed by atoms with van der Waals surface area (Å²) < 4.78 is 45.3. The van der Waals surface area contributed by atoms with Crippen LogP contribution in [-0.2, 0) is 21.4 Å². The first-order valence-corrected chi connectivity index (χ1v) is 8.31. The first-order valence-electron chi connectivity index (χ1n) is 6.87. The first-order chi connectivity index (χ1) is 9.98. The fourth-order valence-electron chi connectivity index (χ4n) is 2.54. The number of methoxy groups -OCH3 is 1. The minimum absolute atomic E-state index is 0.320. The molecule has 0 spiro atoms. The van der Waals surface area contributed by atoms with Crippen molar-refractivity contribution in [2.75, 3.05) is 26.8 Å². The molecule has 1 aliphatic heterocycles. The lowest BCUT2D eigenvalue weighted by Crippen LogP contribution is -2.39. The molecule has 5 nitrogen and oxygen atoms in total. The molecule has 1 N–H and O–H groups in total. The normalized spacial score (nSPS) is 18.0. The first kappa shape index (κ1) is 16.4. The van der Waals surface area contributed by atoms with Gasteiger partial charge in [-0.25, -0.2) is 12.8 Å². The van der Waals surface area contributed by atoms with Crippen LogP contribution in [0.1, 0.15) is 18.4 Å². The van der Waals surface area contributed by atoms with Gasteiger partial charge in [-0.05, 0) is 36.5 Å². The van der Waals surface area contributed by atoms with Crippen LogP contribution in [0.25, 0.3) is 0 Å². The third kappa shape index (κ3) is 3.60. The Morgan fingerprint density at radius 1 is 1.38 bits per heavy atom. The lowest BCUT2D eigenvalue weighted by atomic mass is 9.99. The van der Waals surface area contributed by atoms with Crippen LogP contribution in [-0.4, -0.2) is 44.6 Å². The molecule has 0 aromatic heterocycles. The molecule has 1 heterocycles. The molecule has 0 saturated carbocycles. The summed E-state index contributed by atoms with van der Waals surface area (Å²) in [6, 6.07) is 3.70. The van der Waals surface area contributed by atoms with Gasteiger partial charge in [-0.2, -0.15) is 4.31 Å². The average molecular weight is 317 g/mol. The Labute approximate surface area is 124 Å². The van der Waals surface area contributed by atoms with Gasteiger partial charge in [0.25, 0.3) is 0 Å². The molecule has 0 aliphatic carbocycles. The lowest BCUT2D eigenvalue weighted by Gasteiger charge is -2.30. The lowest BCUT2D eigenvalue weighted by molar-refractivity contribution is 0.121. The van der Waals surface area contributed by atoms with E-state index in [1.165, 1.54) is 16.4 Å². The van der Waals surface area contributed by atoms with Gasteiger partial charge >= 0.3 is 0 Å². The molecule has 0 unspecified atom stereocenters. The molecule has 1 aromatic carbocycles. The van der Waals surface area contributed by atoms with Crippen LogP contribution < -0.4 is 0 Å². The topological polar surface area (TPSA) is 66.8 Å². The molecule has 0 bridgehead atoms. The molecule has 1 aliphatic rings. The number of rotatable bonds is 5. The van der Waals surface area contributed by atoms with E-state index in [-0.39, 0.29) is 11.5 Å². The Hall–Kier alpha value is -1.02. The number of piperidine rings is 1. The second-order valence-electron chi connectivity index (χ2n) is 5.23. The Bertz CT molecular complexity index is 583. The molecule has 2 rings (SSSR count). The summed E-state index contributed by atoms with van der Waals surface area (Å²) in [5, 5.41) is 8.95. The number of hydrogen-bond acceptors (Lipinski definition) is 4. The number of sulfonamides is 1. The van der Waals surface area contributed by atoms with E-state index in [2.05, 4.69) is 0 Å². The van der Waals surface area contributed by atoms with E-state index in [4.69, 9.17) is 9.84 Å². The smallest absolute Gasteiger partial charge is 0.245 e.